The molecule has 3 heterocycles. The van der Waals surface area contributed by atoms with Gasteiger partial charge in [0.2, 0.25) is 0 Å². The van der Waals surface area contributed by atoms with Crippen LogP contribution >= 0.6 is 0 Å². The zero-order chi connectivity index (χ0) is 23.3. The molecule has 4 aromatic rings. The number of carbonyl (C=O) groups is 1. The molecule has 7 nitrogen and oxygen atoms in total. The predicted octanol–water partition coefficient (Wildman–Crippen LogP) is 4.99. The molecule has 7 heteroatoms. The Labute approximate surface area is 198 Å². The number of rotatable bonds is 6. The van der Waals surface area contributed by atoms with Gasteiger partial charge in [-0.15, -0.1) is 0 Å². The molecule has 0 spiro atoms. The fourth-order valence-electron chi connectivity index (χ4n) is 4.68. The second-order valence-corrected chi connectivity index (χ2v) is 8.87. The molecule has 0 aliphatic carbocycles. The number of nitrogens with zero attached hydrogens (tertiary/aromatic N) is 4. The third-order valence-corrected chi connectivity index (χ3v) is 6.59. The van der Waals surface area contributed by atoms with Crippen LogP contribution in [0.15, 0.2) is 65.4 Å². The second kappa shape index (κ2) is 10.0. The molecule has 1 fully saturated rings. The van der Waals surface area contributed by atoms with Crippen LogP contribution in [-0.2, 0) is 13.0 Å². The van der Waals surface area contributed by atoms with E-state index in [1.54, 1.807) is 0 Å². The van der Waals surface area contributed by atoms with Gasteiger partial charge in [-0.1, -0.05) is 46.7 Å². The summed E-state index contributed by atoms with van der Waals surface area (Å²) in [5.74, 6) is 1.09. The molecule has 1 saturated heterocycles. The molecule has 0 radical (unpaired) electrons. The average molecular weight is 457 g/mol. The first-order valence-corrected chi connectivity index (χ1v) is 11.8. The van der Waals surface area contributed by atoms with Crippen LogP contribution in [0.3, 0.4) is 0 Å². The summed E-state index contributed by atoms with van der Waals surface area (Å²) >= 11 is 0. The minimum Gasteiger partial charge on any atom is -0.486 e. The highest BCUT2D eigenvalue weighted by molar-refractivity contribution is 5.97. The molecule has 5 rings (SSSR count). The smallest absolute Gasteiger partial charge is 0.257 e. The van der Waals surface area contributed by atoms with Crippen molar-refractivity contribution in [2.24, 2.45) is 5.92 Å². The Hall–Kier alpha value is -3.74. The minimum absolute atomic E-state index is 0.0121. The van der Waals surface area contributed by atoms with Crippen molar-refractivity contribution in [2.75, 3.05) is 13.1 Å². The highest BCUT2D eigenvalue weighted by Gasteiger charge is 2.24. The van der Waals surface area contributed by atoms with Gasteiger partial charge in [0.05, 0.1) is 11.1 Å². The van der Waals surface area contributed by atoms with Gasteiger partial charge in [-0.25, -0.2) is 4.63 Å². The fourth-order valence-corrected chi connectivity index (χ4v) is 4.68. The number of pyridine rings is 1. The summed E-state index contributed by atoms with van der Waals surface area (Å²) in [4.78, 5) is 20.0. The summed E-state index contributed by atoms with van der Waals surface area (Å²) in [6.07, 6.45) is 5.91. The van der Waals surface area contributed by atoms with E-state index < -0.39 is 0 Å². The van der Waals surface area contributed by atoms with Gasteiger partial charge in [-0.05, 0) is 62.3 Å². The minimum atomic E-state index is 0.0121. The van der Waals surface area contributed by atoms with E-state index in [4.69, 9.17) is 9.37 Å². The van der Waals surface area contributed by atoms with Crippen LogP contribution in [0.4, 0.5) is 0 Å². The summed E-state index contributed by atoms with van der Waals surface area (Å²) in [5, 5.41) is 8.82. The molecule has 0 N–H and O–H groups in total. The van der Waals surface area contributed by atoms with Crippen molar-refractivity contribution in [1.29, 1.82) is 0 Å². The predicted molar refractivity (Wildman–Crippen MR) is 129 cm³/mol. The van der Waals surface area contributed by atoms with E-state index in [0.29, 0.717) is 28.6 Å². The lowest BCUT2D eigenvalue weighted by Crippen LogP contribution is -2.32. The van der Waals surface area contributed by atoms with Gasteiger partial charge < -0.3 is 9.64 Å². The lowest BCUT2D eigenvalue weighted by molar-refractivity contribution is 0.0755. The number of amides is 1. The zero-order valence-electron chi connectivity index (χ0n) is 19.3. The first kappa shape index (κ1) is 22.1. The molecule has 0 saturated carbocycles. The average Bonchev–Trinajstić information content (AvgIpc) is 3.14. The largest absolute Gasteiger partial charge is 0.486 e. The van der Waals surface area contributed by atoms with Crippen molar-refractivity contribution >= 4 is 16.8 Å². The van der Waals surface area contributed by atoms with E-state index in [1.807, 2.05) is 48.4 Å². The molecule has 0 bridgehead atoms. The van der Waals surface area contributed by atoms with Crippen LogP contribution in [0, 0.1) is 12.8 Å². The molecule has 1 aliphatic rings. The molecule has 2 aromatic carbocycles. The Kier molecular flexibility index (Phi) is 6.51. The quantitative estimate of drug-likeness (QED) is 0.407. The highest BCUT2D eigenvalue weighted by atomic mass is 16.6. The van der Waals surface area contributed by atoms with Crippen molar-refractivity contribution < 1.29 is 14.2 Å². The number of ether oxygens (including phenoxy) is 1. The van der Waals surface area contributed by atoms with Gasteiger partial charge in [0.25, 0.3) is 5.91 Å². The molecule has 1 amide bonds. The molecular formula is C27H28N4O3. The van der Waals surface area contributed by atoms with E-state index in [0.717, 1.165) is 44.3 Å². The summed E-state index contributed by atoms with van der Waals surface area (Å²) in [7, 11) is 0. The van der Waals surface area contributed by atoms with Crippen molar-refractivity contribution in [1.82, 2.24) is 20.2 Å². The maximum Gasteiger partial charge on any atom is 0.257 e. The van der Waals surface area contributed by atoms with Crippen molar-refractivity contribution in [2.45, 2.75) is 39.2 Å². The van der Waals surface area contributed by atoms with Gasteiger partial charge in [-0.2, -0.15) is 0 Å². The number of carbonyl (C=O) groups excluding carboxylic acids is 1. The SMILES string of the molecule is Cc1nonc1COc1ccccc1C(=O)N1CCCC(Cc2cccc3cccnc23)CC1. The van der Waals surface area contributed by atoms with Crippen LogP contribution in [0.1, 0.15) is 46.6 Å². The normalized spacial score (nSPS) is 16.4. The Morgan fingerprint density at radius 3 is 2.82 bits per heavy atom. The number of aromatic nitrogens is 3. The molecule has 1 atom stereocenters. The second-order valence-electron chi connectivity index (χ2n) is 8.87. The van der Waals surface area contributed by atoms with E-state index in [-0.39, 0.29) is 12.5 Å². The van der Waals surface area contributed by atoms with Gasteiger partial charge >= 0.3 is 0 Å². The number of benzene rings is 2. The summed E-state index contributed by atoms with van der Waals surface area (Å²) in [6.45, 7) is 3.51. The summed E-state index contributed by atoms with van der Waals surface area (Å²) < 4.78 is 10.7. The first-order chi connectivity index (χ1) is 16.7. The van der Waals surface area contributed by atoms with Crippen molar-refractivity contribution in [3.8, 4) is 5.75 Å². The van der Waals surface area contributed by atoms with Gasteiger partial charge in [-0.3, -0.25) is 9.78 Å². The molecule has 1 aliphatic heterocycles. The number of fused-ring (bicyclic) bond motifs is 1. The lowest BCUT2D eigenvalue weighted by atomic mass is 9.91. The topological polar surface area (TPSA) is 81.3 Å². The summed E-state index contributed by atoms with van der Waals surface area (Å²) in [6, 6.07) is 17.9. The Bertz CT molecular complexity index is 1280. The van der Waals surface area contributed by atoms with E-state index in [9.17, 15) is 4.79 Å². The zero-order valence-corrected chi connectivity index (χ0v) is 19.3. The highest BCUT2D eigenvalue weighted by Crippen LogP contribution is 2.27. The molecular weight excluding hydrogens is 428 g/mol. The van der Waals surface area contributed by atoms with E-state index in [2.05, 4.69) is 39.6 Å². The monoisotopic (exact) mass is 456 g/mol. The molecule has 174 valence electrons. The number of likely N-dealkylation sites (tertiary alicyclic amines) is 1. The van der Waals surface area contributed by atoms with Gasteiger partial charge in [0.1, 0.15) is 23.7 Å². The van der Waals surface area contributed by atoms with Crippen LogP contribution < -0.4 is 4.74 Å². The summed E-state index contributed by atoms with van der Waals surface area (Å²) in [5.41, 5.74) is 4.27. The standard InChI is InChI=1S/C27H28N4O3/c1-19-24(30-34-29-19)18-33-25-12-3-2-11-23(25)27(32)31-15-6-7-20(13-16-31)17-22-9-4-8-21-10-5-14-28-26(21)22/h2-5,8-12,14,20H,6-7,13,15-18H2,1H3. The Morgan fingerprint density at radius 2 is 1.94 bits per heavy atom. The number of aryl methyl sites for hydroxylation is 1. The van der Waals surface area contributed by atoms with Gasteiger partial charge in [0, 0.05) is 24.7 Å². The fraction of sp³-hybridized carbons (Fsp3) is 0.333. The van der Waals surface area contributed by atoms with E-state index >= 15 is 0 Å². The van der Waals surface area contributed by atoms with Crippen LogP contribution in [0.25, 0.3) is 10.9 Å². The molecule has 2 aromatic heterocycles. The maximum atomic E-state index is 13.4. The third-order valence-electron chi connectivity index (χ3n) is 6.59. The van der Waals surface area contributed by atoms with Crippen molar-refractivity contribution in [3.05, 3.63) is 83.3 Å². The molecule has 34 heavy (non-hydrogen) atoms. The maximum absolute atomic E-state index is 13.4. The molecule has 1 unspecified atom stereocenters. The van der Waals surface area contributed by atoms with Gasteiger partial charge in [0.15, 0.2) is 0 Å². The van der Waals surface area contributed by atoms with Crippen LogP contribution in [-0.4, -0.2) is 39.2 Å². The van der Waals surface area contributed by atoms with Crippen LogP contribution in [0.5, 0.6) is 5.75 Å². The van der Waals surface area contributed by atoms with Crippen molar-refractivity contribution in [3.63, 3.8) is 0 Å². The third kappa shape index (κ3) is 4.78. The van der Waals surface area contributed by atoms with E-state index in [1.165, 1.54) is 10.9 Å². The Balaban J connectivity index is 1.25. The number of para-hydroxylation sites is 2. The van der Waals surface area contributed by atoms with Crippen LogP contribution in [0.2, 0.25) is 0 Å². The number of hydrogen-bond acceptors (Lipinski definition) is 6. The lowest BCUT2D eigenvalue weighted by Gasteiger charge is -2.22. The Morgan fingerprint density at radius 1 is 1.06 bits per heavy atom. The number of hydrogen-bond donors (Lipinski definition) is 0. The first-order valence-electron chi connectivity index (χ1n) is 11.8.